The van der Waals surface area contributed by atoms with Gasteiger partial charge in [-0.05, 0) is 32.7 Å². The maximum absolute atomic E-state index is 4.32. The molecule has 20 heavy (non-hydrogen) atoms. The van der Waals surface area contributed by atoms with Gasteiger partial charge < -0.3 is 15.5 Å². The summed E-state index contributed by atoms with van der Waals surface area (Å²) in [5, 5.41) is 6.98. The summed E-state index contributed by atoms with van der Waals surface area (Å²) in [4.78, 5) is 6.82. The molecular weight excluding hydrogens is 363 g/mol. The zero-order valence-corrected chi connectivity index (χ0v) is 15.4. The zero-order valence-electron chi connectivity index (χ0n) is 13.0. The fraction of sp³-hybridized carbons (Fsp3) is 0.933. The molecule has 4 nitrogen and oxygen atoms in total. The Morgan fingerprint density at radius 1 is 1.10 bits per heavy atom. The number of rotatable bonds is 5. The molecule has 0 spiro atoms. The average Bonchev–Trinajstić information content (AvgIpc) is 3.10. The summed E-state index contributed by atoms with van der Waals surface area (Å²) in [5.41, 5.74) is 0. The third-order valence-electron chi connectivity index (χ3n) is 4.62. The third-order valence-corrected chi connectivity index (χ3v) is 4.62. The van der Waals surface area contributed by atoms with E-state index in [1.165, 1.54) is 51.4 Å². The molecule has 0 aliphatic heterocycles. The number of aliphatic imine (C=N–C) groups is 1. The van der Waals surface area contributed by atoms with Crippen molar-refractivity contribution in [2.24, 2.45) is 4.99 Å². The SMILES string of the molecule is CN=C(NCCN(C)C1CCCC1)NC1CCCC1.I. The molecule has 0 aromatic heterocycles. The van der Waals surface area contributed by atoms with Crippen LogP contribution in [-0.2, 0) is 0 Å². The molecule has 2 N–H and O–H groups in total. The molecule has 2 rings (SSSR count). The van der Waals surface area contributed by atoms with E-state index in [-0.39, 0.29) is 24.0 Å². The first-order chi connectivity index (χ1) is 9.29. The molecular formula is C15H31IN4. The zero-order chi connectivity index (χ0) is 13.5. The van der Waals surface area contributed by atoms with E-state index in [2.05, 4.69) is 27.6 Å². The first kappa shape index (κ1) is 18.0. The van der Waals surface area contributed by atoms with Crippen LogP contribution in [-0.4, -0.2) is 50.1 Å². The van der Waals surface area contributed by atoms with E-state index in [1.807, 2.05) is 7.05 Å². The van der Waals surface area contributed by atoms with Crippen LogP contribution in [0.2, 0.25) is 0 Å². The molecule has 0 unspecified atom stereocenters. The summed E-state index contributed by atoms with van der Waals surface area (Å²) in [6.45, 7) is 2.09. The number of nitrogens with one attached hydrogen (secondary N) is 2. The second-order valence-corrected chi connectivity index (χ2v) is 6.04. The van der Waals surface area contributed by atoms with Crippen molar-refractivity contribution < 1.29 is 0 Å². The molecule has 2 aliphatic carbocycles. The number of halogens is 1. The lowest BCUT2D eigenvalue weighted by molar-refractivity contribution is 0.249. The Bertz CT molecular complexity index is 284. The van der Waals surface area contributed by atoms with Crippen LogP contribution in [0.3, 0.4) is 0 Å². The minimum absolute atomic E-state index is 0. The van der Waals surface area contributed by atoms with Crippen molar-refractivity contribution in [3.63, 3.8) is 0 Å². The van der Waals surface area contributed by atoms with E-state index in [9.17, 15) is 0 Å². The van der Waals surface area contributed by atoms with Gasteiger partial charge in [0.15, 0.2) is 5.96 Å². The van der Waals surface area contributed by atoms with Gasteiger partial charge in [0.1, 0.15) is 0 Å². The van der Waals surface area contributed by atoms with E-state index in [4.69, 9.17) is 0 Å². The van der Waals surface area contributed by atoms with Crippen molar-refractivity contribution in [3.05, 3.63) is 0 Å². The Kier molecular flexibility index (Phi) is 8.84. The van der Waals surface area contributed by atoms with Gasteiger partial charge in [0.2, 0.25) is 0 Å². The minimum Gasteiger partial charge on any atom is -0.355 e. The minimum atomic E-state index is 0. The number of likely N-dealkylation sites (N-methyl/N-ethyl adjacent to an activating group) is 1. The first-order valence-corrected chi connectivity index (χ1v) is 7.97. The van der Waals surface area contributed by atoms with Crippen molar-refractivity contribution >= 4 is 29.9 Å². The molecule has 118 valence electrons. The molecule has 2 aliphatic rings. The summed E-state index contributed by atoms with van der Waals surface area (Å²) in [5.74, 6) is 0.978. The van der Waals surface area contributed by atoms with Crippen LogP contribution < -0.4 is 10.6 Å². The van der Waals surface area contributed by atoms with Crippen molar-refractivity contribution in [3.8, 4) is 0 Å². The molecule has 0 saturated heterocycles. The lowest BCUT2D eigenvalue weighted by atomic mass is 10.2. The maximum Gasteiger partial charge on any atom is 0.191 e. The Morgan fingerprint density at radius 3 is 2.30 bits per heavy atom. The molecule has 0 aromatic rings. The van der Waals surface area contributed by atoms with Gasteiger partial charge in [0.25, 0.3) is 0 Å². The Balaban J connectivity index is 0.00000200. The van der Waals surface area contributed by atoms with Gasteiger partial charge in [0.05, 0.1) is 0 Å². The second kappa shape index (κ2) is 9.82. The maximum atomic E-state index is 4.32. The number of nitrogens with zero attached hydrogens (tertiary/aromatic N) is 2. The average molecular weight is 394 g/mol. The molecule has 2 saturated carbocycles. The molecule has 0 amide bonds. The molecule has 0 radical (unpaired) electrons. The smallest absolute Gasteiger partial charge is 0.191 e. The highest BCUT2D eigenvalue weighted by Gasteiger charge is 2.19. The Labute approximate surface area is 141 Å². The van der Waals surface area contributed by atoms with E-state index in [0.717, 1.165) is 25.1 Å². The standard InChI is InChI=1S/C15H30N4.HI/c1-16-15(18-13-7-3-4-8-13)17-11-12-19(2)14-9-5-6-10-14;/h13-14H,3-12H2,1-2H3,(H2,16,17,18);1H. The molecule has 0 atom stereocenters. The quantitative estimate of drug-likeness (QED) is 0.428. The fourth-order valence-electron chi connectivity index (χ4n) is 3.34. The molecule has 0 bridgehead atoms. The fourth-order valence-corrected chi connectivity index (χ4v) is 3.34. The monoisotopic (exact) mass is 394 g/mol. The normalized spacial score (nSPS) is 21.2. The van der Waals surface area contributed by atoms with E-state index >= 15 is 0 Å². The highest BCUT2D eigenvalue weighted by atomic mass is 127. The molecule has 0 aromatic carbocycles. The largest absolute Gasteiger partial charge is 0.355 e. The summed E-state index contributed by atoms with van der Waals surface area (Å²) < 4.78 is 0. The summed E-state index contributed by atoms with van der Waals surface area (Å²) in [6.07, 6.45) is 10.9. The van der Waals surface area contributed by atoms with Crippen LogP contribution in [0.1, 0.15) is 51.4 Å². The molecule has 0 heterocycles. The van der Waals surface area contributed by atoms with Crippen LogP contribution in [0, 0.1) is 0 Å². The third kappa shape index (κ3) is 5.76. The van der Waals surface area contributed by atoms with E-state index < -0.39 is 0 Å². The van der Waals surface area contributed by atoms with Gasteiger partial charge in [-0.15, -0.1) is 24.0 Å². The van der Waals surface area contributed by atoms with Crippen molar-refractivity contribution in [1.82, 2.24) is 15.5 Å². The van der Waals surface area contributed by atoms with E-state index in [0.29, 0.717) is 6.04 Å². The topological polar surface area (TPSA) is 39.7 Å². The highest BCUT2D eigenvalue weighted by Crippen LogP contribution is 2.21. The van der Waals surface area contributed by atoms with Crippen LogP contribution >= 0.6 is 24.0 Å². The van der Waals surface area contributed by atoms with Crippen molar-refractivity contribution in [2.45, 2.75) is 63.5 Å². The number of guanidine groups is 1. The lowest BCUT2D eigenvalue weighted by Gasteiger charge is -2.25. The van der Waals surface area contributed by atoms with Crippen LogP contribution in [0.15, 0.2) is 4.99 Å². The van der Waals surface area contributed by atoms with Crippen LogP contribution in [0.5, 0.6) is 0 Å². The molecule has 5 heteroatoms. The predicted molar refractivity (Wildman–Crippen MR) is 97.1 cm³/mol. The highest BCUT2D eigenvalue weighted by molar-refractivity contribution is 14.0. The predicted octanol–water partition coefficient (Wildman–Crippen LogP) is 2.59. The van der Waals surface area contributed by atoms with Gasteiger partial charge >= 0.3 is 0 Å². The molecule has 2 fully saturated rings. The first-order valence-electron chi connectivity index (χ1n) is 7.97. The summed E-state index contributed by atoms with van der Waals surface area (Å²) >= 11 is 0. The Morgan fingerprint density at radius 2 is 1.70 bits per heavy atom. The van der Waals surface area contributed by atoms with Crippen LogP contribution in [0.25, 0.3) is 0 Å². The van der Waals surface area contributed by atoms with Gasteiger partial charge in [-0.1, -0.05) is 25.7 Å². The van der Waals surface area contributed by atoms with Crippen molar-refractivity contribution in [1.29, 1.82) is 0 Å². The lowest BCUT2D eigenvalue weighted by Crippen LogP contribution is -2.45. The van der Waals surface area contributed by atoms with Gasteiger partial charge in [-0.3, -0.25) is 4.99 Å². The number of hydrogen-bond acceptors (Lipinski definition) is 2. The second-order valence-electron chi connectivity index (χ2n) is 6.04. The van der Waals surface area contributed by atoms with Gasteiger partial charge in [0, 0.05) is 32.2 Å². The van der Waals surface area contributed by atoms with Gasteiger partial charge in [-0.25, -0.2) is 0 Å². The van der Waals surface area contributed by atoms with Crippen LogP contribution in [0.4, 0.5) is 0 Å². The van der Waals surface area contributed by atoms with E-state index in [1.54, 1.807) is 0 Å². The van der Waals surface area contributed by atoms with Gasteiger partial charge in [-0.2, -0.15) is 0 Å². The Hall–Kier alpha value is -0.0400. The number of hydrogen-bond donors (Lipinski definition) is 2. The summed E-state index contributed by atoms with van der Waals surface area (Å²) in [7, 11) is 4.12. The van der Waals surface area contributed by atoms with Crippen molar-refractivity contribution in [2.75, 3.05) is 27.2 Å². The summed E-state index contributed by atoms with van der Waals surface area (Å²) in [6, 6.07) is 1.45.